The van der Waals surface area contributed by atoms with Crippen molar-refractivity contribution in [1.82, 2.24) is 4.31 Å². The fourth-order valence-corrected chi connectivity index (χ4v) is 5.62. The van der Waals surface area contributed by atoms with Gasteiger partial charge in [-0.05, 0) is 48.5 Å². The van der Waals surface area contributed by atoms with Crippen LogP contribution in [0.5, 0.6) is 0 Å². The summed E-state index contributed by atoms with van der Waals surface area (Å²) in [6.45, 7) is 1.45. The minimum atomic E-state index is -3.62. The number of nitrogens with one attached hydrogen (secondary N) is 1. The molecule has 2 aromatic rings. The van der Waals surface area contributed by atoms with Gasteiger partial charge < -0.3 is 4.90 Å². The van der Waals surface area contributed by atoms with Gasteiger partial charge in [0.25, 0.3) is 5.91 Å². The quantitative estimate of drug-likeness (QED) is 0.684. The van der Waals surface area contributed by atoms with Gasteiger partial charge in [-0.2, -0.15) is 4.31 Å². The van der Waals surface area contributed by atoms with Crippen LogP contribution >= 0.6 is 23.2 Å². The van der Waals surface area contributed by atoms with Crippen molar-refractivity contribution in [2.24, 2.45) is 0 Å². The third-order valence-corrected chi connectivity index (χ3v) is 7.96. The molecule has 2 aliphatic heterocycles. The maximum absolute atomic E-state index is 12.9. The number of hydrogen-bond acceptors (Lipinski definition) is 4. The van der Waals surface area contributed by atoms with Crippen molar-refractivity contribution in [1.29, 1.82) is 0 Å². The maximum Gasteiger partial charge on any atom is 0.292 e. The van der Waals surface area contributed by atoms with Crippen LogP contribution < -0.4 is 9.80 Å². The second kappa shape index (κ2) is 8.28. The lowest BCUT2D eigenvalue weighted by molar-refractivity contribution is -0.918. The van der Waals surface area contributed by atoms with E-state index in [2.05, 4.69) is 0 Å². The van der Waals surface area contributed by atoms with Crippen LogP contribution in [0.3, 0.4) is 0 Å². The molecule has 0 aromatic heterocycles. The third kappa shape index (κ3) is 3.98. The molecule has 2 saturated heterocycles. The van der Waals surface area contributed by atoms with Crippen molar-refractivity contribution in [3.05, 3.63) is 58.6 Å². The molecule has 4 rings (SSSR count). The number of piperazine rings is 1. The number of quaternary nitrogens is 1. The highest BCUT2D eigenvalue weighted by molar-refractivity contribution is 7.89. The number of amides is 2. The fraction of sp³-hybridized carbons (Fsp3) is 0.300. The van der Waals surface area contributed by atoms with Crippen molar-refractivity contribution in [3.63, 3.8) is 0 Å². The number of anilines is 1. The largest absolute Gasteiger partial charge is 0.322 e. The zero-order chi connectivity index (χ0) is 21.5. The first kappa shape index (κ1) is 21.3. The highest BCUT2D eigenvalue weighted by Gasteiger charge is 2.47. The molecule has 0 spiro atoms. The molecule has 1 N–H and O–H groups in total. The van der Waals surface area contributed by atoms with E-state index in [1.165, 1.54) is 21.3 Å². The second-order valence-electron chi connectivity index (χ2n) is 7.32. The van der Waals surface area contributed by atoms with Crippen molar-refractivity contribution in [2.75, 3.05) is 31.1 Å². The van der Waals surface area contributed by atoms with Gasteiger partial charge in [-0.1, -0.05) is 23.2 Å². The molecule has 0 radical (unpaired) electrons. The molecule has 10 heteroatoms. The summed E-state index contributed by atoms with van der Waals surface area (Å²) < 4.78 is 27.1. The zero-order valence-corrected chi connectivity index (χ0v) is 18.3. The minimum absolute atomic E-state index is 0.112. The van der Waals surface area contributed by atoms with E-state index in [1.807, 2.05) is 0 Å². The van der Waals surface area contributed by atoms with Gasteiger partial charge in [0.05, 0.1) is 43.2 Å². The molecular formula is C20H20Cl2N3O4S+. The van der Waals surface area contributed by atoms with Gasteiger partial charge in [0.2, 0.25) is 15.9 Å². The molecule has 0 bridgehead atoms. The number of hydrogen-bond donors (Lipinski definition) is 1. The maximum atomic E-state index is 12.9. The van der Waals surface area contributed by atoms with Crippen molar-refractivity contribution >= 4 is 50.7 Å². The van der Waals surface area contributed by atoms with Crippen LogP contribution in [-0.4, -0.2) is 56.8 Å². The molecular weight excluding hydrogens is 449 g/mol. The molecule has 7 nitrogen and oxygen atoms in total. The van der Waals surface area contributed by atoms with Crippen LogP contribution in [0.25, 0.3) is 0 Å². The van der Waals surface area contributed by atoms with E-state index in [0.29, 0.717) is 28.8 Å². The van der Waals surface area contributed by atoms with E-state index in [-0.39, 0.29) is 36.2 Å². The highest BCUT2D eigenvalue weighted by Crippen LogP contribution is 2.24. The number of nitrogens with zero attached hydrogens (tertiary/aromatic N) is 2. The zero-order valence-electron chi connectivity index (χ0n) is 15.9. The van der Waals surface area contributed by atoms with Crippen molar-refractivity contribution < 1.29 is 22.9 Å². The number of imide groups is 1. The standard InChI is InChI=1S/C20H19Cl2N3O4S/c21-14-1-5-16(6-2-14)25-19(26)13-18(20(25)27)23-9-11-24(12-10-23)30(28,29)17-7-3-15(22)4-8-17/h1-8,18H,9-13H2/p+1/t18-/m0/s1. The normalized spacial score (nSPS) is 21.4. The predicted octanol–water partition coefficient (Wildman–Crippen LogP) is 1.21. The highest BCUT2D eigenvalue weighted by atomic mass is 35.5. The first-order chi connectivity index (χ1) is 14.3. The molecule has 30 heavy (non-hydrogen) atoms. The Balaban J connectivity index is 1.44. The average Bonchev–Trinajstić information content (AvgIpc) is 3.03. The molecule has 158 valence electrons. The van der Waals surface area contributed by atoms with Gasteiger partial charge in [-0.3, -0.25) is 9.59 Å². The van der Waals surface area contributed by atoms with Crippen molar-refractivity contribution in [2.45, 2.75) is 17.4 Å². The van der Waals surface area contributed by atoms with E-state index in [0.717, 1.165) is 4.90 Å². The average molecular weight is 469 g/mol. The Labute approximate surface area is 184 Å². The van der Waals surface area contributed by atoms with Gasteiger partial charge >= 0.3 is 0 Å². The van der Waals surface area contributed by atoms with Crippen LogP contribution in [-0.2, 0) is 19.6 Å². The summed E-state index contributed by atoms with van der Waals surface area (Å²) in [5.41, 5.74) is 0.500. The predicted molar refractivity (Wildman–Crippen MR) is 113 cm³/mol. The number of carbonyl (C=O) groups excluding carboxylic acids is 2. The molecule has 0 aliphatic carbocycles. The summed E-state index contributed by atoms with van der Waals surface area (Å²) in [4.78, 5) is 27.8. The van der Waals surface area contributed by atoms with E-state index in [4.69, 9.17) is 23.2 Å². The molecule has 1 atom stereocenters. The lowest BCUT2D eigenvalue weighted by Crippen LogP contribution is -3.19. The van der Waals surface area contributed by atoms with Gasteiger partial charge in [-0.25, -0.2) is 13.3 Å². The Bertz CT molecular complexity index is 1070. The van der Waals surface area contributed by atoms with Crippen molar-refractivity contribution in [3.8, 4) is 0 Å². The van der Waals surface area contributed by atoms with Crippen LogP contribution in [0.4, 0.5) is 5.69 Å². The SMILES string of the molecule is O=C1C[C@H]([NH+]2CCN(S(=O)(=O)c3ccc(Cl)cc3)CC2)C(=O)N1c1ccc(Cl)cc1. The third-order valence-electron chi connectivity index (χ3n) is 5.54. The summed E-state index contributed by atoms with van der Waals surface area (Å²) >= 11 is 11.7. The Morgan fingerprint density at radius 2 is 1.40 bits per heavy atom. The van der Waals surface area contributed by atoms with E-state index in [9.17, 15) is 18.0 Å². The topological polar surface area (TPSA) is 79.2 Å². The van der Waals surface area contributed by atoms with Crippen LogP contribution in [0.2, 0.25) is 10.0 Å². The van der Waals surface area contributed by atoms with Gasteiger partial charge in [0, 0.05) is 10.0 Å². The van der Waals surface area contributed by atoms with E-state index in [1.54, 1.807) is 36.4 Å². The molecule has 2 fully saturated rings. The summed E-state index contributed by atoms with van der Waals surface area (Å²) in [5, 5.41) is 0.996. The Hall–Kier alpha value is -1.97. The second-order valence-corrected chi connectivity index (χ2v) is 10.1. The number of sulfonamides is 1. The molecule has 2 aromatic carbocycles. The number of carbonyl (C=O) groups is 2. The lowest BCUT2D eigenvalue weighted by Gasteiger charge is -2.33. The Kier molecular flexibility index (Phi) is 5.87. The van der Waals surface area contributed by atoms with Crippen LogP contribution in [0, 0.1) is 0 Å². The summed E-state index contributed by atoms with van der Waals surface area (Å²) in [5.74, 6) is -0.512. The van der Waals surface area contributed by atoms with E-state index < -0.39 is 16.1 Å². The van der Waals surface area contributed by atoms with Crippen LogP contribution in [0.15, 0.2) is 53.4 Å². The summed E-state index contributed by atoms with van der Waals surface area (Å²) in [6, 6.07) is 12.1. The Morgan fingerprint density at radius 3 is 1.97 bits per heavy atom. The smallest absolute Gasteiger partial charge is 0.292 e. The number of benzene rings is 2. The number of halogens is 2. The van der Waals surface area contributed by atoms with E-state index >= 15 is 0 Å². The minimum Gasteiger partial charge on any atom is -0.322 e. The first-order valence-corrected chi connectivity index (χ1v) is 11.7. The van der Waals surface area contributed by atoms with Gasteiger partial charge in [0.1, 0.15) is 0 Å². The fourth-order valence-electron chi connectivity index (χ4n) is 3.93. The number of rotatable bonds is 4. The molecule has 0 saturated carbocycles. The van der Waals surface area contributed by atoms with Gasteiger partial charge in [0.15, 0.2) is 6.04 Å². The monoisotopic (exact) mass is 468 g/mol. The Morgan fingerprint density at radius 1 is 0.867 bits per heavy atom. The molecule has 0 unspecified atom stereocenters. The summed E-state index contributed by atoms with van der Waals surface area (Å²) in [6.07, 6.45) is 0.112. The van der Waals surface area contributed by atoms with Gasteiger partial charge in [-0.15, -0.1) is 0 Å². The summed E-state index contributed by atoms with van der Waals surface area (Å²) in [7, 11) is -3.62. The molecule has 2 heterocycles. The lowest BCUT2D eigenvalue weighted by atomic mass is 10.2. The molecule has 2 amide bonds. The first-order valence-electron chi connectivity index (χ1n) is 9.50. The molecule has 2 aliphatic rings. The van der Waals surface area contributed by atoms with Crippen LogP contribution in [0.1, 0.15) is 6.42 Å².